The summed E-state index contributed by atoms with van der Waals surface area (Å²) in [5.74, 6) is -0.129. The first-order chi connectivity index (χ1) is 15.4. The zero-order valence-corrected chi connectivity index (χ0v) is 20.8. The fraction of sp³-hybridized carbons (Fsp3) is 0.348. The molecule has 178 valence electrons. The Morgan fingerprint density at radius 2 is 1.76 bits per heavy atom. The standard InChI is InChI=1S/C23H26Cl2N4O3.ClH/c1-3-9-28(10-4-2)20(30)12-19-22(27-23-18(25)11-16(24)14-29(19)23)15-5-7-17(8-6-15)32-21(31)13-26;/h5-8,11,14H,3-4,9-10,12-13,26H2,1-2H3;1H. The Labute approximate surface area is 209 Å². The van der Waals surface area contributed by atoms with Crippen molar-refractivity contribution in [3.8, 4) is 17.0 Å². The minimum atomic E-state index is -0.523. The van der Waals surface area contributed by atoms with Crippen molar-refractivity contribution >= 4 is 53.1 Å². The topological polar surface area (TPSA) is 89.9 Å². The molecule has 0 fully saturated rings. The van der Waals surface area contributed by atoms with Gasteiger partial charge in [0.25, 0.3) is 0 Å². The predicted molar refractivity (Wildman–Crippen MR) is 133 cm³/mol. The van der Waals surface area contributed by atoms with Crippen LogP contribution >= 0.6 is 35.6 Å². The van der Waals surface area contributed by atoms with Crippen LogP contribution in [0.25, 0.3) is 16.9 Å². The summed E-state index contributed by atoms with van der Waals surface area (Å²) in [5.41, 5.74) is 7.88. The Kier molecular flexibility index (Phi) is 9.98. The lowest BCUT2D eigenvalue weighted by Gasteiger charge is -2.21. The van der Waals surface area contributed by atoms with Crippen molar-refractivity contribution in [3.05, 3.63) is 52.3 Å². The number of halogens is 3. The van der Waals surface area contributed by atoms with Crippen LogP contribution in [-0.4, -0.2) is 45.8 Å². The quantitative estimate of drug-likeness (QED) is 0.328. The van der Waals surface area contributed by atoms with Gasteiger partial charge in [0.15, 0.2) is 5.65 Å². The second kappa shape index (κ2) is 12.2. The van der Waals surface area contributed by atoms with Crippen molar-refractivity contribution in [1.82, 2.24) is 14.3 Å². The molecule has 1 amide bonds. The Bertz CT molecular complexity index is 1110. The molecule has 0 spiro atoms. The van der Waals surface area contributed by atoms with E-state index in [2.05, 4.69) is 0 Å². The molecule has 0 aliphatic carbocycles. The summed E-state index contributed by atoms with van der Waals surface area (Å²) in [5, 5.41) is 0.841. The minimum absolute atomic E-state index is 0. The first kappa shape index (κ1) is 26.9. The third-order valence-electron chi connectivity index (χ3n) is 4.93. The molecule has 3 rings (SSSR count). The average molecular weight is 514 g/mol. The predicted octanol–water partition coefficient (Wildman–Crippen LogP) is 4.79. The van der Waals surface area contributed by atoms with E-state index in [0.29, 0.717) is 45.9 Å². The van der Waals surface area contributed by atoms with E-state index in [9.17, 15) is 9.59 Å². The molecule has 0 aliphatic heterocycles. The van der Waals surface area contributed by atoms with Gasteiger partial charge in [0.2, 0.25) is 5.91 Å². The van der Waals surface area contributed by atoms with Crippen LogP contribution in [0.1, 0.15) is 32.4 Å². The number of ether oxygens (including phenoxy) is 1. The van der Waals surface area contributed by atoms with Crippen LogP contribution in [0.4, 0.5) is 0 Å². The molecule has 10 heteroatoms. The maximum atomic E-state index is 13.1. The zero-order chi connectivity index (χ0) is 23.3. The van der Waals surface area contributed by atoms with Gasteiger partial charge in [0.05, 0.1) is 34.4 Å². The largest absolute Gasteiger partial charge is 0.426 e. The summed E-state index contributed by atoms with van der Waals surface area (Å²) in [6, 6.07) is 8.50. The number of hydrogen-bond donors (Lipinski definition) is 1. The molecule has 0 aliphatic rings. The third-order valence-corrected chi connectivity index (χ3v) is 5.41. The molecule has 33 heavy (non-hydrogen) atoms. The second-order valence-corrected chi connectivity index (χ2v) is 8.21. The highest BCUT2D eigenvalue weighted by atomic mass is 35.5. The van der Waals surface area contributed by atoms with Gasteiger partial charge in [0.1, 0.15) is 5.75 Å². The Hall–Kier alpha value is -2.32. The maximum absolute atomic E-state index is 13.1. The SMILES string of the molecule is CCCN(CCC)C(=O)Cc1c(-c2ccc(OC(=O)CN)cc2)nc2c(Cl)cc(Cl)cn12.Cl. The van der Waals surface area contributed by atoms with E-state index < -0.39 is 5.97 Å². The average Bonchev–Trinajstić information content (AvgIpc) is 3.12. The van der Waals surface area contributed by atoms with Crippen LogP contribution < -0.4 is 10.5 Å². The van der Waals surface area contributed by atoms with Gasteiger partial charge in [-0.25, -0.2) is 4.98 Å². The van der Waals surface area contributed by atoms with E-state index in [4.69, 9.17) is 38.7 Å². The molecule has 2 aromatic heterocycles. The zero-order valence-electron chi connectivity index (χ0n) is 18.5. The summed E-state index contributed by atoms with van der Waals surface area (Å²) in [7, 11) is 0. The summed E-state index contributed by atoms with van der Waals surface area (Å²) in [6.07, 6.45) is 3.62. The van der Waals surface area contributed by atoms with Gasteiger partial charge in [0, 0.05) is 24.8 Å². The summed E-state index contributed by atoms with van der Waals surface area (Å²) < 4.78 is 6.91. The third kappa shape index (κ3) is 6.38. The van der Waals surface area contributed by atoms with Crippen molar-refractivity contribution in [1.29, 1.82) is 0 Å². The van der Waals surface area contributed by atoms with E-state index >= 15 is 0 Å². The van der Waals surface area contributed by atoms with Crippen molar-refractivity contribution < 1.29 is 14.3 Å². The molecule has 2 N–H and O–H groups in total. The smallest absolute Gasteiger partial charge is 0.325 e. The van der Waals surface area contributed by atoms with E-state index in [1.165, 1.54) is 0 Å². The molecule has 7 nitrogen and oxygen atoms in total. The summed E-state index contributed by atoms with van der Waals surface area (Å²) >= 11 is 12.6. The first-order valence-corrected chi connectivity index (χ1v) is 11.3. The Morgan fingerprint density at radius 1 is 1.12 bits per heavy atom. The number of amides is 1. The molecular weight excluding hydrogens is 487 g/mol. The number of fused-ring (bicyclic) bond motifs is 1. The lowest BCUT2D eigenvalue weighted by molar-refractivity contribution is -0.133. The number of benzene rings is 1. The molecule has 0 unspecified atom stereocenters. The van der Waals surface area contributed by atoms with Gasteiger partial charge in [-0.05, 0) is 43.2 Å². The van der Waals surface area contributed by atoms with Gasteiger partial charge in [-0.3, -0.25) is 9.59 Å². The van der Waals surface area contributed by atoms with Crippen molar-refractivity contribution in [2.45, 2.75) is 33.1 Å². The number of carbonyl (C=O) groups excluding carboxylic acids is 2. The molecule has 0 saturated heterocycles. The summed E-state index contributed by atoms with van der Waals surface area (Å²) in [4.78, 5) is 31.2. The van der Waals surface area contributed by atoms with Crippen molar-refractivity contribution in [2.24, 2.45) is 5.73 Å². The molecular formula is C23H27Cl3N4O3. The lowest BCUT2D eigenvalue weighted by atomic mass is 10.1. The van der Waals surface area contributed by atoms with Crippen molar-refractivity contribution in [3.63, 3.8) is 0 Å². The maximum Gasteiger partial charge on any atom is 0.325 e. The highest BCUT2D eigenvalue weighted by Crippen LogP contribution is 2.31. The number of imidazole rings is 1. The van der Waals surface area contributed by atoms with Gasteiger partial charge in [-0.2, -0.15) is 0 Å². The Morgan fingerprint density at radius 3 is 2.33 bits per heavy atom. The first-order valence-electron chi connectivity index (χ1n) is 10.5. The van der Waals surface area contributed by atoms with Gasteiger partial charge >= 0.3 is 5.97 Å². The van der Waals surface area contributed by atoms with Crippen LogP contribution in [0.2, 0.25) is 10.0 Å². The van der Waals surface area contributed by atoms with Gasteiger partial charge < -0.3 is 19.8 Å². The van der Waals surface area contributed by atoms with Crippen molar-refractivity contribution in [2.75, 3.05) is 19.6 Å². The molecule has 0 bridgehead atoms. The normalized spacial score (nSPS) is 10.7. The number of carbonyl (C=O) groups is 2. The summed E-state index contributed by atoms with van der Waals surface area (Å²) in [6.45, 7) is 5.29. The van der Waals surface area contributed by atoms with Crippen LogP contribution in [0, 0.1) is 0 Å². The van der Waals surface area contributed by atoms with E-state index in [1.807, 2.05) is 18.7 Å². The number of nitrogens with two attached hydrogens (primary N) is 1. The van der Waals surface area contributed by atoms with E-state index in [1.54, 1.807) is 40.9 Å². The van der Waals surface area contributed by atoms with Crippen LogP contribution in [-0.2, 0) is 16.0 Å². The van der Waals surface area contributed by atoms with E-state index in [0.717, 1.165) is 18.4 Å². The lowest BCUT2D eigenvalue weighted by Crippen LogP contribution is -2.34. The molecule has 2 heterocycles. The fourth-order valence-corrected chi connectivity index (χ4v) is 4.04. The number of nitrogens with zero attached hydrogens (tertiary/aromatic N) is 3. The number of aromatic nitrogens is 2. The second-order valence-electron chi connectivity index (χ2n) is 7.37. The fourth-order valence-electron chi connectivity index (χ4n) is 3.53. The van der Waals surface area contributed by atoms with E-state index in [-0.39, 0.29) is 31.3 Å². The monoisotopic (exact) mass is 512 g/mol. The molecule has 3 aromatic rings. The van der Waals surface area contributed by atoms with Gasteiger partial charge in [-0.15, -0.1) is 12.4 Å². The van der Waals surface area contributed by atoms with Crippen LogP contribution in [0.3, 0.4) is 0 Å². The highest BCUT2D eigenvalue weighted by molar-refractivity contribution is 6.36. The minimum Gasteiger partial charge on any atom is -0.426 e. The molecule has 0 radical (unpaired) electrons. The highest BCUT2D eigenvalue weighted by Gasteiger charge is 2.22. The molecule has 0 saturated carbocycles. The number of rotatable bonds is 9. The van der Waals surface area contributed by atoms with Crippen LogP contribution in [0.5, 0.6) is 5.75 Å². The molecule has 0 atom stereocenters. The number of pyridine rings is 1. The van der Waals surface area contributed by atoms with Gasteiger partial charge in [-0.1, -0.05) is 37.0 Å². The van der Waals surface area contributed by atoms with Crippen LogP contribution in [0.15, 0.2) is 36.5 Å². The number of hydrogen-bond acceptors (Lipinski definition) is 5. The Balaban J connectivity index is 0.00000385. The molecule has 1 aromatic carbocycles. The number of esters is 1.